The zero-order valence-electron chi connectivity index (χ0n) is 16.8. The topological polar surface area (TPSA) is 79.8 Å². The van der Waals surface area contributed by atoms with Crippen LogP contribution in [0.4, 0.5) is 4.39 Å². The Hall–Kier alpha value is -2.15. The van der Waals surface area contributed by atoms with Crippen LogP contribution in [-0.4, -0.2) is 42.3 Å². The van der Waals surface area contributed by atoms with Gasteiger partial charge < -0.3 is 15.4 Å². The minimum Gasteiger partial charge on any atom is -0.484 e. The van der Waals surface area contributed by atoms with Gasteiger partial charge in [-0.05, 0) is 63.0 Å². The van der Waals surface area contributed by atoms with Gasteiger partial charge in [-0.2, -0.15) is 0 Å². The van der Waals surface area contributed by atoms with Crippen molar-refractivity contribution in [1.29, 1.82) is 0 Å². The van der Waals surface area contributed by atoms with Crippen LogP contribution in [0.15, 0.2) is 23.2 Å². The van der Waals surface area contributed by atoms with E-state index in [0.29, 0.717) is 18.8 Å². The van der Waals surface area contributed by atoms with Crippen LogP contribution in [0.3, 0.4) is 0 Å². The molecule has 0 bridgehead atoms. The molecule has 0 spiro atoms. The zero-order chi connectivity index (χ0) is 21.1. The van der Waals surface area contributed by atoms with Crippen LogP contribution in [0, 0.1) is 11.7 Å². The molecule has 2 saturated carbocycles. The van der Waals surface area contributed by atoms with Crippen LogP contribution >= 0.6 is 11.6 Å². The van der Waals surface area contributed by atoms with Crippen LogP contribution in [0.2, 0.25) is 5.02 Å². The smallest absolute Gasteiger partial charge is 0.258 e. The van der Waals surface area contributed by atoms with Gasteiger partial charge in [0.2, 0.25) is 5.91 Å². The summed E-state index contributed by atoms with van der Waals surface area (Å²) in [5.41, 5.74) is 1.24. The van der Waals surface area contributed by atoms with Gasteiger partial charge in [-0.1, -0.05) is 18.0 Å². The summed E-state index contributed by atoms with van der Waals surface area (Å²) < 4.78 is 18.7. The molecule has 1 heterocycles. The van der Waals surface area contributed by atoms with E-state index >= 15 is 0 Å². The molecule has 2 unspecified atom stereocenters. The lowest BCUT2D eigenvalue weighted by molar-refractivity contribution is -0.125. The average Bonchev–Trinajstić information content (AvgIpc) is 2.72. The van der Waals surface area contributed by atoms with E-state index < -0.39 is 5.82 Å². The largest absolute Gasteiger partial charge is 0.484 e. The molecule has 0 aromatic heterocycles. The summed E-state index contributed by atoms with van der Waals surface area (Å²) in [4.78, 5) is 29.3. The van der Waals surface area contributed by atoms with E-state index in [2.05, 4.69) is 10.6 Å². The quantitative estimate of drug-likeness (QED) is 0.718. The number of amides is 2. The second-order valence-electron chi connectivity index (χ2n) is 8.46. The van der Waals surface area contributed by atoms with Gasteiger partial charge in [0.25, 0.3) is 5.91 Å². The molecule has 2 atom stereocenters. The summed E-state index contributed by atoms with van der Waals surface area (Å²) in [5.74, 6) is -0.0106. The fourth-order valence-electron chi connectivity index (χ4n) is 4.50. The van der Waals surface area contributed by atoms with Gasteiger partial charge in [0.05, 0.1) is 5.02 Å². The molecule has 2 fully saturated rings. The number of aliphatic imine (C=N–C) groups is 1. The van der Waals surface area contributed by atoms with E-state index in [0.717, 1.165) is 25.3 Å². The summed E-state index contributed by atoms with van der Waals surface area (Å²) >= 11 is 5.62. The van der Waals surface area contributed by atoms with Crippen LogP contribution in [0.5, 0.6) is 5.75 Å². The Balaban J connectivity index is 1.16. The molecule has 2 amide bonds. The molecule has 2 N–H and O–H groups in total. The Morgan fingerprint density at radius 2 is 1.93 bits per heavy atom. The van der Waals surface area contributed by atoms with Gasteiger partial charge in [0.1, 0.15) is 17.6 Å². The predicted octanol–water partition coefficient (Wildman–Crippen LogP) is 3.41. The highest BCUT2D eigenvalue weighted by Gasteiger charge is 2.35. The van der Waals surface area contributed by atoms with Crippen molar-refractivity contribution >= 4 is 29.1 Å². The van der Waals surface area contributed by atoms with Crippen LogP contribution in [0.25, 0.3) is 0 Å². The molecule has 30 heavy (non-hydrogen) atoms. The second-order valence-corrected chi connectivity index (χ2v) is 8.87. The molecular formula is C22H27ClFN3O3. The standard InChI is InChI=1S/C22H27ClFN3O3/c23-17-7-6-16(11-18(17)24)30-12-21(28)25-14-9-15(10-14)26-22(29)20-8-5-13-3-1-2-4-19(13)27-20/h6-7,11,13-15,20H,1-5,8-10,12H2,(H,25,28)(H,26,29). The Morgan fingerprint density at radius 3 is 2.73 bits per heavy atom. The van der Waals surface area contributed by atoms with Gasteiger partial charge in [-0.25, -0.2) is 4.39 Å². The van der Waals surface area contributed by atoms with Gasteiger partial charge in [-0.3, -0.25) is 14.6 Å². The number of hydrogen-bond donors (Lipinski definition) is 2. The Bertz CT molecular complexity index is 841. The minimum atomic E-state index is -0.589. The summed E-state index contributed by atoms with van der Waals surface area (Å²) in [6, 6.07) is 3.87. The van der Waals surface area contributed by atoms with Crippen LogP contribution in [-0.2, 0) is 9.59 Å². The first kappa shape index (κ1) is 21.1. The molecular weight excluding hydrogens is 409 g/mol. The van der Waals surface area contributed by atoms with Crippen molar-refractivity contribution in [2.75, 3.05) is 6.61 Å². The molecule has 0 radical (unpaired) electrons. The van der Waals surface area contributed by atoms with E-state index in [9.17, 15) is 14.0 Å². The van der Waals surface area contributed by atoms with Crippen LogP contribution in [0.1, 0.15) is 51.4 Å². The number of fused-ring (bicyclic) bond motifs is 1. The SMILES string of the molecule is O=C(COc1ccc(Cl)c(F)c1)NC1CC(NC(=O)C2CCC3CCCCC3=N2)C1. The van der Waals surface area contributed by atoms with Crippen LogP contribution < -0.4 is 15.4 Å². The van der Waals surface area contributed by atoms with Crippen molar-refractivity contribution in [1.82, 2.24) is 10.6 Å². The van der Waals surface area contributed by atoms with Crippen molar-refractivity contribution < 1.29 is 18.7 Å². The maximum atomic E-state index is 13.4. The van der Waals surface area contributed by atoms with Gasteiger partial charge in [0, 0.05) is 23.9 Å². The highest BCUT2D eigenvalue weighted by molar-refractivity contribution is 6.30. The number of ether oxygens (including phenoxy) is 1. The number of carbonyl (C=O) groups excluding carboxylic acids is 2. The van der Waals surface area contributed by atoms with Crippen molar-refractivity contribution in [3.05, 3.63) is 29.0 Å². The first-order chi connectivity index (χ1) is 14.5. The van der Waals surface area contributed by atoms with E-state index in [-0.39, 0.29) is 47.3 Å². The van der Waals surface area contributed by atoms with E-state index in [1.165, 1.54) is 37.1 Å². The fraction of sp³-hybridized carbons (Fsp3) is 0.591. The number of nitrogens with one attached hydrogen (secondary N) is 2. The highest BCUT2D eigenvalue weighted by Crippen LogP contribution is 2.31. The number of rotatable bonds is 6. The number of carbonyl (C=O) groups is 2. The lowest BCUT2D eigenvalue weighted by atomic mass is 9.80. The highest BCUT2D eigenvalue weighted by atomic mass is 35.5. The lowest BCUT2D eigenvalue weighted by Gasteiger charge is -2.37. The van der Waals surface area contributed by atoms with E-state index in [1.807, 2.05) is 0 Å². The number of halogens is 2. The minimum absolute atomic E-state index is 0.00698. The summed E-state index contributed by atoms with van der Waals surface area (Å²) in [7, 11) is 0. The first-order valence-electron chi connectivity index (χ1n) is 10.7. The Morgan fingerprint density at radius 1 is 1.13 bits per heavy atom. The van der Waals surface area contributed by atoms with E-state index in [1.54, 1.807) is 0 Å². The molecule has 0 saturated heterocycles. The second kappa shape index (κ2) is 9.33. The fourth-order valence-corrected chi connectivity index (χ4v) is 4.62. The third-order valence-corrected chi connectivity index (χ3v) is 6.54. The number of hydrogen-bond acceptors (Lipinski definition) is 4. The molecule has 2 aliphatic carbocycles. The van der Waals surface area contributed by atoms with Gasteiger partial charge >= 0.3 is 0 Å². The summed E-state index contributed by atoms with van der Waals surface area (Å²) in [5, 5.41) is 5.95. The monoisotopic (exact) mass is 435 g/mol. The maximum absolute atomic E-state index is 13.4. The lowest BCUT2D eigenvalue weighted by Crippen LogP contribution is -2.56. The zero-order valence-corrected chi connectivity index (χ0v) is 17.6. The van der Waals surface area contributed by atoms with Crippen molar-refractivity contribution in [3.63, 3.8) is 0 Å². The molecule has 1 aromatic rings. The molecule has 162 valence electrons. The first-order valence-corrected chi connectivity index (χ1v) is 11.1. The Kier molecular flexibility index (Phi) is 6.56. The Labute approximate surface area is 180 Å². The average molecular weight is 436 g/mol. The van der Waals surface area contributed by atoms with Crippen molar-refractivity contribution in [2.24, 2.45) is 10.9 Å². The molecule has 3 aliphatic rings. The molecule has 1 aliphatic heterocycles. The molecule has 4 rings (SSSR count). The molecule has 1 aromatic carbocycles. The third-order valence-electron chi connectivity index (χ3n) is 6.23. The van der Waals surface area contributed by atoms with E-state index in [4.69, 9.17) is 21.3 Å². The van der Waals surface area contributed by atoms with Gasteiger partial charge in [-0.15, -0.1) is 0 Å². The normalized spacial score (nSPS) is 27.9. The maximum Gasteiger partial charge on any atom is 0.258 e. The third kappa shape index (κ3) is 5.12. The summed E-state index contributed by atoms with van der Waals surface area (Å²) in [6.45, 7) is -0.199. The summed E-state index contributed by atoms with van der Waals surface area (Å²) in [6.07, 6.45) is 8.00. The number of benzene rings is 1. The van der Waals surface area contributed by atoms with Crippen molar-refractivity contribution in [3.8, 4) is 5.75 Å². The van der Waals surface area contributed by atoms with Crippen molar-refractivity contribution in [2.45, 2.75) is 69.5 Å². The molecule has 6 nitrogen and oxygen atoms in total. The number of nitrogens with zero attached hydrogens (tertiary/aromatic N) is 1. The van der Waals surface area contributed by atoms with Gasteiger partial charge in [0.15, 0.2) is 6.61 Å². The molecule has 8 heteroatoms. The predicted molar refractivity (Wildman–Crippen MR) is 112 cm³/mol.